The predicted molar refractivity (Wildman–Crippen MR) is 91.8 cm³/mol. The smallest absolute Gasteiger partial charge is 0.0630 e. The summed E-state index contributed by atoms with van der Waals surface area (Å²) in [5.74, 6) is 0. The number of halogens is 2. The van der Waals surface area contributed by atoms with Crippen LogP contribution in [-0.2, 0) is 6.42 Å². The molecule has 1 unspecified atom stereocenters. The van der Waals surface area contributed by atoms with Crippen LogP contribution < -0.4 is 0 Å². The summed E-state index contributed by atoms with van der Waals surface area (Å²) in [5, 5.41) is 0.0166. The molecule has 0 saturated carbocycles. The van der Waals surface area contributed by atoms with Gasteiger partial charge in [0, 0.05) is 4.47 Å². The SMILES string of the molecule is Cc1cc(C)c(C)c(C(Cl)Cc2cccc(Br)c2)c1C. The summed E-state index contributed by atoms with van der Waals surface area (Å²) in [5.41, 5.74) is 7.85. The zero-order valence-corrected chi connectivity index (χ0v) is 14.8. The zero-order valence-electron chi connectivity index (χ0n) is 12.4. The van der Waals surface area contributed by atoms with E-state index in [9.17, 15) is 0 Å². The molecular weight excluding hydrogens is 332 g/mol. The zero-order chi connectivity index (χ0) is 14.9. The Morgan fingerprint density at radius 3 is 2.15 bits per heavy atom. The lowest BCUT2D eigenvalue weighted by molar-refractivity contribution is 0.892. The van der Waals surface area contributed by atoms with Crippen LogP contribution in [0.1, 0.15) is 38.8 Å². The van der Waals surface area contributed by atoms with E-state index < -0.39 is 0 Å². The van der Waals surface area contributed by atoms with E-state index in [4.69, 9.17) is 11.6 Å². The lowest BCUT2D eigenvalue weighted by Gasteiger charge is -2.20. The van der Waals surface area contributed by atoms with Gasteiger partial charge < -0.3 is 0 Å². The fourth-order valence-corrected chi connectivity index (χ4v) is 3.64. The third-order valence-corrected chi connectivity index (χ3v) is 4.91. The van der Waals surface area contributed by atoms with Gasteiger partial charge in [0.2, 0.25) is 0 Å². The van der Waals surface area contributed by atoms with Gasteiger partial charge in [-0.1, -0.05) is 34.1 Å². The Morgan fingerprint density at radius 1 is 1.00 bits per heavy atom. The van der Waals surface area contributed by atoms with Crippen molar-refractivity contribution < 1.29 is 0 Å². The van der Waals surface area contributed by atoms with Gasteiger partial charge in [-0.3, -0.25) is 0 Å². The summed E-state index contributed by atoms with van der Waals surface area (Å²) in [6.07, 6.45) is 0.853. The molecule has 0 radical (unpaired) electrons. The maximum absolute atomic E-state index is 6.73. The van der Waals surface area contributed by atoms with Crippen LogP contribution in [0.15, 0.2) is 34.8 Å². The van der Waals surface area contributed by atoms with Gasteiger partial charge in [-0.2, -0.15) is 0 Å². The molecule has 0 N–H and O–H groups in total. The van der Waals surface area contributed by atoms with Gasteiger partial charge in [-0.25, -0.2) is 0 Å². The maximum Gasteiger partial charge on any atom is 0.0630 e. The number of hydrogen-bond acceptors (Lipinski definition) is 0. The molecule has 2 aromatic carbocycles. The van der Waals surface area contributed by atoms with E-state index in [0.717, 1.165) is 10.9 Å². The quantitative estimate of drug-likeness (QED) is 0.577. The Kier molecular flexibility index (Phi) is 4.93. The van der Waals surface area contributed by atoms with E-state index in [1.165, 1.54) is 33.4 Å². The van der Waals surface area contributed by atoms with Gasteiger partial charge >= 0.3 is 0 Å². The molecule has 0 aliphatic carbocycles. The van der Waals surface area contributed by atoms with E-state index in [-0.39, 0.29) is 5.38 Å². The summed E-state index contributed by atoms with van der Waals surface area (Å²) >= 11 is 10.2. The fourth-order valence-electron chi connectivity index (χ4n) is 2.69. The van der Waals surface area contributed by atoms with Gasteiger partial charge in [0.1, 0.15) is 0 Å². The first-order chi connectivity index (χ1) is 9.40. The first-order valence-electron chi connectivity index (χ1n) is 6.86. The van der Waals surface area contributed by atoms with Crippen molar-refractivity contribution in [3.05, 3.63) is 68.2 Å². The van der Waals surface area contributed by atoms with Crippen LogP contribution in [0.3, 0.4) is 0 Å². The Morgan fingerprint density at radius 2 is 1.60 bits per heavy atom. The second-order valence-corrected chi connectivity index (χ2v) is 6.92. The van der Waals surface area contributed by atoms with Crippen LogP contribution in [0, 0.1) is 27.7 Å². The summed E-state index contributed by atoms with van der Waals surface area (Å²) < 4.78 is 1.10. The normalized spacial score (nSPS) is 12.5. The van der Waals surface area contributed by atoms with Crippen LogP contribution in [0.25, 0.3) is 0 Å². The Balaban J connectivity index is 2.37. The Bertz CT molecular complexity index is 605. The van der Waals surface area contributed by atoms with Gasteiger partial charge in [-0.15, -0.1) is 11.6 Å². The lowest BCUT2D eigenvalue weighted by Crippen LogP contribution is -2.04. The fraction of sp³-hybridized carbons (Fsp3) is 0.333. The van der Waals surface area contributed by atoms with Crippen molar-refractivity contribution in [3.8, 4) is 0 Å². The standard InChI is InChI=1S/C18H20BrCl/c1-11-8-12(2)14(4)18(13(11)3)17(20)10-15-6-5-7-16(19)9-15/h5-9,17H,10H2,1-4H3. The van der Waals surface area contributed by atoms with Crippen LogP contribution >= 0.6 is 27.5 Å². The van der Waals surface area contributed by atoms with Gasteiger partial charge in [0.15, 0.2) is 0 Å². The molecule has 0 fully saturated rings. The molecule has 2 rings (SSSR count). The number of rotatable bonds is 3. The summed E-state index contributed by atoms with van der Waals surface area (Å²) in [7, 11) is 0. The Hall–Kier alpha value is -0.790. The molecule has 0 aromatic heterocycles. The average molecular weight is 352 g/mol. The molecule has 0 heterocycles. The van der Waals surface area contributed by atoms with Gasteiger partial charge in [-0.05, 0) is 79.6 Å². The highest BCUT2D eigenvalue weighted by atomic mass is 79.9. The molecule has 2 aromatic rings. The molecule has 0 aliphatic heterocycles. The van der Waals surface area contributed by atoms with E-state index in [1.807, 2.05) is 6.07 Å². The minimum Gasteiger partial charge on any atom is -0.117 e. The average Bonchev–Trinajstić information content (AvgIpc) is 2.36. The molecule has 0 nitrogen and oxygen atoms in total. The van der Waals surface area contributed by atoms with Crippen molar-refractivity contribution >= 4 is 27.5 Å². The Labute approximate surface area is 135 Å². The molecule has 2 heteroatoms. The van der Waals surface area contributed by atoms with E-state index >= 15 is 0 Å². The van der Waals surface area contributed by atoms with Crippen LogP contribution in [0.2, 0.25) is 0 Å². The number of hydrogen-bond donors (Lipinski definition) is 0. The highest BCUT2D eigenvalue weighted by Gasteiger charge is 2.17. The highest BCUT2D eigenvalue weighted by Crippen LogP contribution is 2.33. The first-order valence-corrected chi connectivity index (χ1v) is 8.09. The van der Waals surface area contributed by atoms with Gasteiger partial charge in [0.05, 0.1) is 5.38 Å². The highest BCUT2D eigenvalue weighted by molar-refractivity contribution is 9.10. The van der Waals surface area contributed by atoms with Crippen molar-refractivity contribution in [3.63, 3.8) is 0 Å². The first kappa shape index (κ1) is 15.6. The van der Waals surface area contributed by atoms with Crippen molar-refractivity contribution in [2.45, 2.75) is 39.5 Å². The van der Waals surface area contributed by atoms with Crippen molar-refractivity contribution in [2.24, 2.45) is 0 Å². The molecule has 0 saturated heterocycles. The predicted octanol–water partition coefficient (Wildman–Crippen LogP) is 6.21. The molecule has 0 bridgehead atoms. The summed E-state index contributed by atoms with van der Waals surface area (Å²) in [4.78, 5) is 0. The molecule has 0 amide bonds. The third-order valence-electron chi connectivity index (χ3n) is 4.04. The molecular formula is C18H20BrCl. The largest absolute Gasteiger partial charge is 0.117 e. The minimum absolute atomic E-state index is 0.0166. The molecule has 20 heavy (non-hydrogen) atoms. The van der Waals surface area contributed by atoms with E-state index in [0.29, 0.717) is 0 Å². The van der Waals surface area contributed by atoms with Crippen molar-refractivity contribution in [1.82, 2.24) is 0 Å². The van der Waals surface area contributed by atoms with Crippen LogP contribution in [0.5, 0.6) is 0 Å². The van der Waals surface area contributed by atoms with Crippen LogP contribution in [0.4, 0.5) is 0 Å². The number of alkyl halides is 1. The van der Waals surface area contributed by atoms with Crippen molar-refractivity contribution in [1.29, 1.82) is 0 Å². The summed E-state index contributed by atoms with van der Waals surface area (Å²) in [6, 6.07) is 10.6. The molecule has 0 aliphatic rings. The molecule has 106 valence electrons. The number of aryl methyl sites for hydroxylation is 2. The monoisotopic (exact) mass is 350 g/mol. The summed E-state index contributed by atoms with van der Waals surface area (Å²) in [6.45, 7) is 8.67. The second kappa shape index (κ2) is 6.32. The minimum atomic E-state index is 0.0166. The number of benzene rings is 2. The van der Waals surface area contributed by atoms with Crippen molar-refractivity contribution in [2.75, 3.05) is 0 Å². The molecule has 0 spiro atoms. The van der Waals surface area contributed by atoms with Crippen LogP contribution in [-0.4, -0.2) is 0 Å². The third kappa shape index (κ3) is 3.27. The van der Waals surface area contributed by atoms with E-state index in [2.05, 4.69) is 67.9 Å². The molecule has 1 atom stereocenters. The topological polar surface area (TPSA) is 0 Å². The second-order valence-electron chi connectivity index (χ2n) is 5.48. The van der Waals surface area contributed by atoms with E-state index in [1.54, 1.807) is 0 Å². The maximum atomic E-state index is 6.73. The van der Waals surface area contributed by atoms with Gasteiger partial charge in [0.25, 0.3) is 0 Å². The lowest BCUT2D eigenvalue weighted by atomic mass is 9.90.